The predicted molar refractivity (Wildman–Crippen MR) is 127 cm³/mol. The molecule has 0 spiro atoms. The molecule has 3 aromatic rings. The first kappa shape index (κ1) is 24.6. The summed E-state index contributed by atoms with van der Waals surface area (Å²) in [5.74, 6) is -1.24. The summed E-state index contributed by atoms with van der Waals surface area (Å²) >= 11 is 0. The number of nitrogens with zero attached hydrogens (tertiary/aromatic N) is 2. The lowest BCUT2D eigenvalue weighted by atomic mass is 9.96. The minimum atomic E-state index is -0.890. The number of aromatic amines is 1. The van der Waals surface area contributed by atoms with Crippen LogP contribution in [0.2, 0.25) is 0 Å². The second kappa shape index (κ2) is 12.3. The molecule has 0 radical (unpaired) electrons. The van der Waals surface area contributed by atoms with Crippen LogP contribution in [0.3, 0.4) is 0 Å². The molecule has 2 aromatic carbocycles. The zero-order chi connectivity index (χ0) is 24.3. The maximum Gasteiger partial charge on any atom is 0.328 e. The van der Waals surface area contributed by atoms with Crippen LogP contribution in [0.4, 0.5) is 0 Å². The van der Waals surface area contributed by atoms with Gasteiger partial charge in [0.1, 0.15) is 6.04 Å². The fraction of sp³-hybridized carbons (Fsp3) is 0.320. The van der Waals surface area contributed by atoms with E-state index < -0.39 is 24.0 Å². The van der Waals surface area contributed by atoms with Crippen LogP contribution < -0.4 is 10.6 Å². The molecular formula is C25H29N5O4. The van der Waals surface area contributed by atoms with Gasteiger partial charge in [-0.25, -0.2) is 4.79 Å². The van der Waals surface area contributed by atoms with Crippen molar-refractivity contribution in [2.24, 2.45) is 0 Å². The van der Waals surface area contributed by atoms with Crippen LogP contribution in [-0.4, -0.2) is 51.9 Å². The monoisotopic (exact) mass is 463 g/mol. The Morgan fingerprint density at radius 3 is 2.29 bits per heavy atom. The van der Waals surface area contributed by atoms with Gasteiger partial charge in [0.25, 0.3) is 5.91 Å². The normalized spacial score (nSPS) is 12.4. The van der Waals surface area contributed by atoms with Crippen LogP contribution in [0.25, 0.3) is 11.1 Å². The van der Waals surface area contributed by atoms with Gasteiger partial charge in [-0.2, -0.15) is 15.4 Å². The van der Waals surface area contributed by atoms with Crippen molar-refractivity contribution in [1.82, 2.24) is 26.0 Å². The van der Waals surface area contributed by atoms with Crippen LogP contribution in [0.15, 0.2) is 60.8 Å². The average molecular weight is 464 g/mol. The molecule has 1 heterocycles. The highest BCUT2D eigenvalue weighted by Crippen LogP contribution is 2.20. The van der Waals surface area contributed by atoms with Gasteiger partial charge in [0.05, 0.1) is 12.8 Å². The summed E-state index contributed by atoms with van der Waals surface area (Å²) in [4.78, 5) is 37.2. The van der Waals surface area contributed by atoms with Crippen molar-refractivity contribution in [2.75, 3.05) is 6.61 Å². The van der Waals surface area contributed by atoms with Crippen LogP contribution in [-0.2, 0) is 20.7 Å². The number of carbonyl (C=O) groups excluding carboxylic acids is 3. The molecule has 0 bridgehead atoms. The number of rotatable bonds is 11. The summed E-state index contributed by atoms with van der Waals surface area (Å²) in [7, 11) is 0. The first-order valence-electron chi connectivity index (χ1n) is 11.3. The third kappa shape index (κ3) is 6.99. The number of hydrogen-bond donors (Lipinski definition) is 3. The van der Waals surface area contributed by atoms with E-state index in [1.807, 2.05) is 54.6 Å². The molecule has 0 aliphatic carbocycles. The lowest BCUT2D eigenvalue weighted by molar-refractivity contribution is -0.147. The van der Waals surface area contributed by atoms with Gasteiger partial charge in [-0.3, -0.25) is 9.59 Å². The number of benzene rings is 2. The van der Waals surface area contributed by atoms with Gasteiger partial charge in [0.2, 0.25) is 5.91 Å². The third-order valence-electron chi connectivity index (χ3n) is 5.27. The summed E-state index contributed by atoms with van der Waals surface area (Å²) in [6.07, 6.45) is 2.15. The van der Waals surface area contributed by atoms with Crippen molar-refractivity contribution < 1.29 is 19.1 Å². The zero-order valence-corrected chi connectivity index (χ0v) is 19.3. The Morgan fingerprint density at radius 2 is 1.68 bits per heavy atom. The molecule has 0 saturated heterocycles. The van der Waals surface area contributed by atoms with Crippen LogP contribution >= 0.6 is 0 Å². The minimum Gasteiger partial charge on any atom is -0.464 e. The minimum absolute atomic E-state index is 0.134. The molecule has 2 atom stereocenters. The van der Waals surface area contributed by atoms with Gasteiger partial charge in [0.15, 0.2) is 5.69 Å². The Kier molecular flexibility index (Phi) is 8.90. The van der Waals surface area contributed by atoms with Crippen molar-refractivity contribution in [1.29, 1.82) is 0 Å². The molecule has 3 N–H and O–H groups in total. The number of esters is 1. The van der Waals surface area contributed by atoms with Crippen LogP contribution in [0, 0.1) is 0 Å². The molecule has 0 aliphatic heterocycles. The van der Waals surface area contributed by atoms with Gasteiger partial charge in [0, 0.05) is 12.5 Å². The third-order valence-corrected chi connectivity index (χ3v) is 5.27. The second-order valence-electron chi connectivity index (χ2n) is 7.75. The molecule has 178 valence electrons. The largest absolute Gasteiger partial charge is 0.464 e. The Morgan fingerprint density at radius 1 is 0.971 bits per heavy atom. The first-order chi connectivity index (χ1) is 16.5. The van der Waals surface area contributed by atoms with E-state index in [2.05, 4.69) is 26.0 Å². The van der Waals surface area contributed by atoms with Crippen LogP contribution in [0.5, 0.6) is 0 Å². The van der Waals surface area contributed by atoms with Crippen LogP contribution in [0.1, 0.15) is 42.7 Å². The SMILES string of the molecule is CCOC(=O)[C@@H](C[C@@H](Cc1ccc(-c2ccccc2)cc1)NC(=O)c1cn[nH]n1)NC(=O)CC. The second-order valence-corrected chi connectivity index (χ2v) is 7.75. The van der Waals surface area contributed by atoms with E-state index in [9.17, 15) is 14.4 Å². The Bertz CT molecular complexity index is 1070. The molecule has 9 heteroatoms. The van der Waals surface area contributed by atoms with E-state index >= 15 is 0 Å². The fourth-order valence-electron chi connectivity index (χ4n) is 3.55. The van der Waals surface area contributed by atoms with Crippen molar-refractivity contribution in [3.05, 3.63) is 72.1 Å². The van der Waals surface area contributed by atoms with E-state index in [0.29, 0.717) is 6.42 Å². The van der Waals surface area contributed by atoms with Crippen molar-refractivity contribution >= 4 is 17.8 Å². The molecule has 9 nitrogen and oxygen atoms in total. The Hall–Kier alpha value is -4.01. The molecule has 0 saturated carbocycles. The zero-order valence-electron chi connectivity index (χ0n) is 19.3. The van der Waals surface area contributed by atoms with Crippen molar-refractivity contribution in [2.45, 2.75) is 45.2 Å². The number of amides is 2. The first-order valence-corrected chi connectivity index (χ1v) is 11.3. The molecule has 3 rings (SSSR count). The highest BCUT2D eigenvalue weighted by molar-refractivity contribution is 5.92. The van der Waals surface area contributed by atoms with E-state index in [4.69, 9.17) is 4.74 Å². The highest BCUT2D eigenvalue weighted by Gasteiger charge is 2.27. The standard InChI is InChI=1S/C25H29N5O4/c1-3-23(31)28-21(25(33)34-4-2)15-20(27-24(32)22-16-26-30-29-22)14-17-10-12-19(13-11-17)18-8-6-5-7-9-18/h5-13,16,20-21H,3-4,14-15H2,1-2H3,(H,27,32)(H,28,31)(H,26,29,30)/t20-,21-/m1/s1. The fourth-order valence-corrected chi connectivity index (χ4v) is 3.55. The van der Waals surface area contributed by atoms with E-state index in [1.54, 1.807) is 13.8 Å². The lowest BCUT2D eigenvalue weighted by Gasteiger charge is -2.24. The summed E-state index contributed by atoms with van der Waals surface area (Å²) in [5, 5.41) is 15.5. The molecule has 2 amide bonds. The van der Waals surface area contributed by atoms with E-state index in [-0.39, 0.29) is 31.0 Å². The number of carbonyl (C=O) groups is 3. The molecule has 1 aromatic heterocycles. The Labute approximate surface area is 198 Å². The molecule has 0 fully saturated rings. The van der Waals surface area contributed by atoms with Gasteiger partial charge in [-0.15, -0.1) is 0 Å². The van der Waals surface area contributed by atoms with E-state index in [0.717, 1.165) is 16.7 Å². The quantitative estimate of drug-likeness (QED) is 0.375. The number of hydrogen-bond acceptors (Lipinski definition) is 6. The van der Waals surface area contributed by atoms with Crippen molar-refractivity contribution in [3.63, 3.8) is 0 Å². The van der Waals surface area contributed by atoms with Crippen molar-refractivity contribution in [3.8, 4) is 11.1 Å². The summed E-state index contributed by atoms with van der Waals surface area (Å²) in [6, 6.07) is 16.7. The summed E-state index contributed by atoms with van der Waals surface area (Å²) < 4.78 is 5.15. The number of H-pyrrole nitrogens is 1. The summed E-state index contributed by atoms with van der Waals surface area (Å²) in [5.41, 5.74) is 3.28. The molecule has 34 heavy (non-hydrogen) atoms. The smallest absolute Gasteiger partial charge is 0.328 e. The number of nitrogens with one attached hydrogen (secondary N) is 3. The van der Waals surface area contributed by atoms with Gasteiger partial charge in [-0.1, -0.05) is 61.5 Å². The molecule has 0 unspecified atom stereocenters. The maximum atomic E-state index is 12.7. The highest BCUT2D eigenvalue weighted by atomic mass is 16.5. The van der Waals surface area contributed by atoms with Gasteiger partial charge < -0.3 is 15.4 Å². The van der Waals surface area contributed by atoms with Gasteiger partial charge in [-0.05, 0) is 36.5 Å². The topological polar surface area (TPSA) is 126 Å². The maximum absolute atomic E-state index is 12.7. The average Bonchev–Trinajstić information content (AvgIpc) is 3.40. The Balaban J connectivity index is 1.79. The summed E-state index contributed by atoms with van der Waals surface area (Å²) in [6.45, 7) is 3.60. The predicted octanol–water partition coefficient (Wildman–Crippen LogP) is 2.66. The lowest BCUT2D eigenvalue weighted by Crippen LogP contribution is -2.48. The number of ether oxygens (including phenoxy) is 1. The molecule has 0 aliphatic rings. The van der Waals surface area contributed by atoms with Gasteiger partial charge >= 0.3 is 5.97 Å². The van der Waals surface area contributed by atoms with E-state index in [1.165, 1.54) is 6.20 Å². The molecular weight excluding hydrogens is 434 g/mol. The number of aromatic nitrogens is 3.